The highest BCUT2D eigenvalue weighted by molar-refractivity contribution is 7.09. The lowest BCUT2D eigenvalue weighted by atomic mass is 10.2. The van der Waals surface area contributed by atoms with Gasteiger partial charge >= 0.3 is 0 Å². The minimum Gasteiger partial charge on any atom is -0.497 e. The molecule has 11 N–H and O–H groups in total. The van der Waals surface area contributed by atoms with Crippen LogP contribution in [0.5, 0.6) is 5.75 Å². The molecule has 658 valence electrons. The Kier molecular flexibility index (Phi) is 63.9. The second kappa shape index (κ2) is 71.3. The van der Waals surface area contributed by atoms with Crippen LogP contribution in [-0.2, 0) is 52.4 Å². The van der Waals surface area contributed by atoms with Crippen LogP contribution in [0, 0.1) is 6.57 Å². The second-order valence-electron chi connectivity index (χ2n) is 30.9. The number of methoxy groups -OCH3 is 1. The van der Waals surface area contributed by atoms with Crippen molar-refractivity contribution in [3.05, 3.63) is 300 Å². The number of anilines is 3. The molecule has 11 aromatic rings. The number of rotatable bonds is 31. The Hall–Kier alpha value is -10.5. The zero-order chi connectivity index (χ0) is 89.5. The molecule has 25 heteroatoms. The number of thiazole rings is 1. The van der Waals surface area contributed by atoms with E-state index in [2.05, 4.69) is 313 Å². The molecule has 0 spiro atoms. The molecule has 0 aliphatic heterocycles. The van der Waals surface area contributed by atoms with Crippen molar-refractivity contribution in [3.63, 3.8) is 0 Å². The summed E-state index contributed by atoms with van der Waals surface area (Å²) in [5, 5.41) is 39.2. The van der Waals surface area contributed by atoms with Gasteiger partial charge in [0.2, 0.25) is 5.95 Å². The molecule has 3 aromatic carbocycles. The summed E-state index contributed by atoms with van der Waals surface area (Å²) in [7, 11) is 1.68. The maximum absolute atomic E-state index is 6.86. The number of nitrogens with one attached hydrogen (secondary N) is 11. The lowest BCUT2D eigenvalue weighted by Gasteiger charge is -2.08. The topological polar surface area (TPSA) is 288 Å². The first-order valence-electron chi connectivity index (χ1n) is 42.1. The van der Waals surface area contributed by atoms with Crippen LogP contribution in [0.4, 0.5) is 23.0 Å². The molecule has 24 nitrogen and oxygen atoms in total. The summed E-state index contributed by atoms with van der Waals surface area (Å²) in [4.78, 5) is 47.5. The van der Waals surface area contributed by atoms with E-state index in [0.717, 1.165) is 85.9 Å². The molecule has 0 fully saturated rings. The fourth-order valence-corrected chi connectivity index (χ4v) is 9.55. The van der Waals surface area contributed by atoms with Crippen LogP contribution in [0.1, 0.15) is 197 Å². The number of aromatic nitrogens is 11. The van der Waals surface area contributed by atoms with E-state index >= 15 is 0 Å². The van der Waals surface area contributed by atoms with Crippen molar-refractivity contribution in [2.24, 2.45) is 0 Å². The van der Waals surface area contributed by atoms with Gasteiger partial charge in [0.15, 0.2) is 5.69 Å². The summed E-state index contributed by atoms with van der Waals surface area (Å²) >= 11 is 1.69. The van der Waals surface area contributed by atoms with Gasteiger partial charge in [0.05, 0.1) is 48.8 Å². The SMILES string of the molecule is CC(C)NCc1ccccc1.CC(C)NCc1ccccn1.CC(C)NCc1cccnc1.CC(C)NCc1ccncc1.CC(C)NCc1cnccn1.CC(C)NCc1nccs1.CC(C)Nc1cccnc1.CC(C)Nc1cncnc1.CC(C)Nc1ncccn1.COc1ccc(CNC(C)C)cc1.[C-]#[N+]c1cccc(CNC(C)C)c1. The van der Waals surface area contributed by atoms with Crippen LogP contribution >= 0.6 is 11.3 Å². The van der Waals surface area contributed by atoms with Gasteiger partial charge in [-0.05, 0) is 130 Å². The monoisotopic (exact) mass is 1670 g/mol. The van der Waals surface area contributed by atoms with Gasteiger partial charge in [-0.1, -0.05) is 190 Å². The summed E-state index contributed by atoms with van der Waals surface area (Å²) in [5.41, 5.74) is 11.2. The van der Waals surface area contributed by atoms with Gasteiger partial charge in [-0.2, -0.15) is 0 Å². The molecule has 0 aliphatic carbocycles. The Balaban J connectivity index is 0.000000666. The normalized spacial score (nSPS) is 10.3. The molecule has 8 heterocycles. The van der Waals surface area contributed by atoms with Gasteiger partial charge < -0.3 is 63.2 Å². The number of nitrogens with zero attached hydrogens (tertiary/aromatic N) is 12. The van der Waals surface area contributed by atoms with Crippen molar-refractivity contribution in [1.29, 1.82) is 0 Å². The Labute approximate surface area is 732 Å². The molecule has 0 radical (unpaired) electrons. The average molecular weight is 1670 g/mol. The summed E-state index contributed by atoms with van der Waals surface area (Å²) in [6, 6.07) is 51.5. The van der Waals surface area contributed by atoms with Crippen LogP contribution in [0.3, 0.4) is 0 Å². The number of ether oxygens (including phenoxy) is 1. The van der Waals surface area contributed by atoms with Crippen molar-refractivity contribution in [2.45, 2.75) is 271 Å². The van der Waals surface area contributed by atoms with Crippen LogP contribution < -0.4 is 63.2 Å². The van der Waals surface area contributed by atoms with E-state index < -0.39 is 0 Å². The third-order valence-electron chi connectivity index (χ3n) is 15.1. The molecule has 0 bridgehead atoms. The van der Waals surface area contributed by atoms with E-state index in [9.17, 15) is 0 Å². The summed E-state index contributed by atoms with van der Waals surface area (Å²) < 4.78 is 5.07. The second-order valence-corrected chi connectivity index (χ2v) is 31.9. The van der Waals surface area contributed by atoms with Crippen molar-refractivity contribution in [2.75, 3.05) is 23.1 Å². The zero-order valence-corrected chi connectivity index (χ0v) is 77.6. The van der Waals surface area contributed by atoms with E-state index in [4.69, 9.17) is 11.3 Å². The number of hydrogen-bond acceptors (Lipinski definition) is 24. The van der Waals surface area contributed by atoms with Gasteiger partial charge in [-0.15, -0.1) is 11.3 Å². The summed E-state index contributed by atoms with van der Waals surface area (Å²) in [5.74, 6) is 1.60. The molecule has 0 unspecified atom stereocenters. The fourth-order valence-electron chi connectivity index (χ4n) is 8.98. The highest BCUT2D eigenvalue weighted by Crippen LogP contribution is 2.15. The van der Waals surface area contributed by atoms with E-state index in [-0.39, 0.29) is 0 Å². The van der Waals surface area contributed by atoms with Crippen molar-refractivity contribution >= 4 is 34.3 Å². The maximum Gasteiger partial charge on any atom is 0.222 e. The van der Waals surface area contributed by atoms with Crippen LogP contribution in [0.15, 0.2) is 244 Å². The Bertz CT molecular complexity index is 3720. The third kappa shape index (κ3) is 67.9. The third-order valence-corrected chi connectivity index (χ3v) is 15.9. The summed E-state index contributed by atoms with van der Waals surface area (Å²) in [6.07, 6.45) is 28.2. The first-order chi connectivity index (χ1) is 58.0. The van der Waals surface area contributed by atoms with Crippen LogP contribution in [-0.4, -0.2) is 128 Å². The van der Waals surface area contributed by atoms with Crippen LogP contribution in [0.2, 0.25) is 0 Å². The van der Waals surface area contributed by atoms with Gasteiger partial charge in [-0.3, -0.25) is 29.9 Å². The first kappa shape index (κ1) is 109. The molecule has 8 aromatic heterocycles. The van der Waals surface area contributed by atoms with Gasteiger partial charge in [0.25, 0.3) is 0 Å². The Morgan fingerprint density at radius 2 is 0.744 bits per heavy atom. The lowest BCUT2D eigenvalue weighted by molar-refractivity contribution is 0.414. The maximum atomic E-state index is 6.86. The minimum atomic E-state index is 0.391. The van der Waals surface area contributed by atoms with Crippen molar-refractivity contribution in [3.8, 4) is 5.75 Å². The standard InChI is InChI=1S/C11H14N2.C11H17NO.C10H15N.3C9H14N2.C8H13N3.C8H12N2.2C7H11N3.C7H12N2S/c1-9(2)13-8-10-5-4-6-11(7-10)12-3;1-9(2)12-8-10-4-6-11(13-3)7-5-10;1-9(2)11-8-10-6-4-3-5-7-10;1-8(2)11-7-9-3-5-10-6-4-9;1-8(2)11-7-9-4-3-5-10-6-9;1-8(2)11-7-9-5-3-4-6-10-9;1-7(2)11-6-8-5-9-3-4-10-8;1-7(2)10-8-4-3-5-9-6-8;1-6(2)10-7-3-8-5-9-4-7;1-6(2)10-7-8-4-3-5-9-7;1-6(2)9-5-7-8-3-4-10-7/h4-7,9,13H,8H2,1-2H3;4-7,9,12H,8H2,1-3H3;3-7,9,11H,8H2,1-2H3;3*3-6,8,11H,7H2,1-2H3;3-5,7,11H,6H2,1-2H3;3-7,10H,1-2H3;3-6,10H,1-2H3;3-6H,1-2H3,(H,8,9,10);3-4,6,9H,5H2,1-2H3. The number of pyridine rings is 4. The van der Waals surface area contributed by atoms with Gasteiger partial charge in [0.1, 0.15) is 17.1 Å². The predicted molar refractivity (Wildman–Crippen MR) is 509 cm³/mol. The summed E-state index contributed by atoms with van der Waals surface area (Å²) in [6.45, 7) is 60.5. The van der Waals surface area contributed by atoms with Crippen molar-refractivity contribution in [1.82, 2.24) is 97.4 Å². The van der Waals surface area contributed by atoms with E-state index in [1.54, 1.807) is 80.3 Å². The molecule has 121 heavy (non-hydrogen) atoms. The molecule has 0 saturated heterocycles. The fraction of sp³-hybridized carbons (Fsp3) is 0.438. The molecule has 0 saturated carbocycles. The zero-order valence-electron chi connectivity index (χ0n) is 76.8. The first-order valence-corrected chi connectivity index (χ1v) is 42.9. The lowest BCUT2D eigenvalue weighted by Crippen LogP contribution is -2.22. The predicted octanol–water partition coefficient (Wildman–Crippen LogP) is 19.0. The van der Waals surface area contributed by atoms with E-state index in [0.29, 0.717) is 78.1 Å². The number of benzene rings is 3. The van der Waals surface area contributed by atoms with Gasteiger partial charge in [0, 0.05) is 205 Å². The molecule has 11 rings (SSSR count). The molecular weight excluding hydrogens is 1520 g/mol. The molecule has 0 amide bonds. The van der Waals surface area contributed by atoms with E-state index in [1.165, 1.54) is 34.1 Å². The Morgan fingerprint density at radius 3 is 1.21 bits per heavy atom. The smallest absolute Gasteiger partial charge is 0.222 e. The average Bonchev–Trinajstić information content (AvgIpc) is 1.34. The molecule has 0 atom stereocenters. The highest BCUT2D eigenvalue weighted by Gasteiger charge is 2.03. The van der Waals surface area contributed by atoms with Crippen LogP contribution in [0.25, 0.3) is 4.85 Å². The molecule has 0 aliphatic rings. The van der Waals surface area contributed by atoms with E-state index in [1.807, 2.05) is 134 Å². The minimum absolute atomic E-state index is 0.391. The van der Waals surface area contributed by atoms with Crippen molar-refractivity contribution < 1.29 is 4.74 Å². The molecular formula is C96H147N23OS. The highest BCUT2D eigenvalue weighted by atomic mass is 32.1. The largest absolute Gasteiger partial charge is 0.497 e. The van der Waals surface area contributed by atoms with Gasteiger partial charge in [-0.25, -0.2) is 29.8 Å². The Morgan fingerprint density at radius 1 is 0.306 bits per heavy atom. The quantitative estimate of drug-likeness (QED) is 0.0180. The number of hydrogen-bond donors (Lipinski definition) is 11.